The fourth-order valence-corrected chi connectivity index (χ4v) is 2.63. The number of carbonyl (C=O) groups is 1. The average Bonchev–Trinajstić information content (AvgIpc) is 3.17. The molecule has 7 heteroatoms. The summed E-state index contributed by atoms with van der Waals surface area (Å²) in [5, 5.41) is 15.9. The van der Waals surface area contributed by atoms with Crippen molar-refractivity contribution >= 4 is 5.91 Å². The minimum atomic E-state index is -0.545. The fourth-order valence-electron chi connectivity index (χ4n) is 2.63. The van der Waals surface area contributed by atoms with Gasteiger partial charge in [-0.25, -0.2) is 0 Å². The van der Waals surface area contributed by atoms with Crippen LogP contribution < -0.4 is 9.79 Å². The van der Waals surface area contributed by atoms with Crippen molar-refractivity contribution in [3.63, 3.8) is 0 Å². The zero-order valence-corrected chi connectivity index (χ0v) is 12.8. The van der Waals surface area contributed by atoms with Gasteiger partial charge in [0.05, 0.1) is 11.5 Å². The van der Waals surface area contributed by atoms with Crippen molar-refractivity contribution in [2.45, 2.75) is 25.4 Å². The van der Waals surface area contributed by atoms with Gasteiger partial charge in [0.15, 0.2) is 11.7 Å². The molecule has 0 N–H and O–H groups in total. The summed E-state index contributed by atoms with van der Waals surface area (Å²) < 4.78 is 11.5. The van der Waals surface area contributed by atoms with Gasteiger partial charge in [-0.15, -0.1) is 0 Å². The Morgan fingerprint density at radius 3 is 2.71 bits per heavy atom. The highest BCUT2D eigenvalue weighted by Crippen LogP contribution is 2.30. The Hall–Kier alpha value is -3.09. The Kier molecular flexibility index (Phi) is 3.53. The van der Waals surface area contributed by atoms with Crippen LogP contribution in [0.4, 0.5) is 0 Å². The second-order valence-electron chi connectivity index (χ2n) is 5.70. The highest BCUT2D eigenvalue weighted by Gasteiger charge is 2.37. The molecule has 0 spiro atoms. The first kappa shape index (κ1) is 14.5. The third kappa shape index (κ3) is 2.64. The summed E-state index contributed by atoms with van der Waals surface area (Å²) in [6.45, 7) is 0.126. The quantitative estimate of drug-likeness (QED) is 0.662. The lowest BCUT2D eigenvalue weighted by molar-refractivity contribution is -0.678. The van der Waals surface area contributed by atoms with Gasteiger partial charge in [-0.3, -0.25) is 4.79 Å². The predicted molar refractivity (Wildman–Crippen MR) is 79.1 cm³/mol. The number of furan rings is 1. The molecule has 0 radical (unpaired) electrons. The smallest absolute Gasteiger partial charge is 0.290 e. The average molecular weight is 325 g/mol. The van der Waals surface area contributed by atoms with Crippen molar-refractivity contribution in [1.29, 1.82) is 0 Å². The third-order valence-electron chi connectivity index (χ3n) is 4.00. The molecule has 1 saturated carbocycles. The summed E-state index contributed by atoms with van der Waals surface area (Å²) in [6, 6.07) is 12.6. The lowest BCUT2D eigenvalue weighted by Gasteiger charge is -2.19. The van der Waals surface area contributed by atoms with E-state index in [1.54, 1.807) is 17.0 Å². The molecule has 0 bridgehead atoms. The van der Waals surface area contributed by atoms with Crippen molar-refractivity contribution in [1.82, 2.24) is 10.2 Å². The molecule has 122 valence electrons. The number of amides is 1. The molecule has 1 fully saturated rings. The van der Waals surface area contributed by atoms with Gasteiger partial charge < -0.3 is 18.9 Å². The van der Waals surface area contributed by atoms with Gasteiger partial charge in [0.2, 0.25) is 5.69 Å². The summed E-state index contributed by atoms with van der Waals surface area (Å²) in [5.74, 6) is -0.517. The predicted octanol–water partition coefficient (Wildman–Crippen LogP) is 1.42. The zero-order valence-electron chi connectivity index (χ0n) is 12.8. The molecule has 0 atom stereocenters. The molecule has 1 aliphatic rings. The maximum absolute atomic E-state index is 12.6. The highest BCUT2D eigenvalue weighted by molar-refractivity contribution is 5.91. The monoisotopic (exact) mass is 325 g/mol. The van der Waals surface area contributed by atoms with Gasteiger partial charge in [-0.2, -0.15) is 0 Å². The number of benzene rings is 1. The molecule has 0 unspecified atom stereocenters. The first-order chi connectivity index (χ1) is 11.7. The fraction of sp³-hybridized carbons (Fsp3) is 0.235. The summed E-state index contributed by atoms with van der Waals surface area (Å²) in [5.41, 5.74) is 1.02. The van der Waals surface area contributed by atoms with Crippen molar-refractivity contribution in [3.05, 3.63) is 60.2 Å². The summed E-state index contributed by atoms with van der Waals surface area (Å²) in [4.78, 5) is 14.3. The number of nitrogens with zero attached hydrogens (tertiary/aromatic N) is 3. The van der Waals surface area contributed by atoms with E-state index < -0.39 is 5.95 Å². The molecule has 0 aliphatic heterocycles. The van der Waals surface area contributed by atoms with Gasteiger partial charge in [0, 0.05) is 18.2 Å². The number of aromatic nitrogens is 2. The standard InChI is InChI=1S/C17H15N3O4/c21-16(15-7-4-10-23-15)19(12-8-9-12)11-14-17(22)24-18-20(14)13-5-2-1-3-6-13/h1-7,10,12H,8-9,11H2. The number of para-hydroxylation sites is 1. The Labute approximate surface area is 137 Å². The Morgan fingerprint density at radius 1 is 1.25 bits per heavy atom. The topological polar surface area (TPSA) is 86.4 Å². The summed E-state index contributed by atoms with van der Waals surface area (Å²) in [7, 11) is 0. The molecule has 2 aromatic heterocycles. The molecular formula is C17H15N3O4. The molecule has 3 aromatic rings. The molecule has 7 nitrogen and oxygen atoms in total. The second-order valence-corrected chi connectivity index (χ2v) is 5.70. The van der Waals surface area contributed by atoms with Crippen LogP contribution in [0.15, 0.2) is 57.7 Å². The van der Waals surface area contributed by atoms with E-state index in [-0.39, 0.29) is 24.3 Å². The van der Waals surface area contributed by atoms with Crippen LogP contribution in [0, 0.1) is 0 Å². The van der Waals surface area contributed by atoms with E-state index in [1.165, 1.54) is 10.9 Å². The third-order valence-corrected chi connectivity index (χ3v) is 4.00. The number of hydrogen-bond donors (Lipinski definition) is 0. The lowest BCUT2D eigenvalue weighted by Crippen LogP contribution is -2.42. The van der Waals surface area contributed by atoms with E-state index in [2.05, 4.69) is 5.27 Å². The van der Waals surface area contributed by atoms with Crippen molar-refractivity contribution < 1.29 is 23.5 Å². The number of carbonyl (C=O) groups excluding carboxylic acids is 1. The minimum absolute atomic E-state index is 0.112. The second kappa shape index (κ2) is 5.84. The maximum atomic E-state index is 12.6. The Balaban J connectivity index is 1.66. The van der Waals surface area contributed by atoms with Gasteiger partial charge in [0.25, 0.3) is 11.6 Å². The number of hydrogen-bond acceptors (Lipinski definition) is 5. The van der Waals surface area contributed by atoms with E-state index in [4.69, 9.17) is 8.94 Å². The van der Waals surface area contributed by atoms with Crippen LogP contribution in [-0.4, -0.2) is 22.1 Å². The van der Waals surface area contributed by atoms with Crippen LogP contribution in [0.5, 0.6) is 5.95 Å². The molecule has 1 aliphatic carbocycles. The molecule has 24 heavy (non-hydrogen) atoms. The molecular weight excluding hydrogens is 310 g/mol. The van der Waals surface area contributed by atoms with Crippen LogP contribution in [0.2, 0.25) is 0 Å². The number of rotatable bonds is 5. The van der Waals surface area contributed by atoms with E-state index in [0.29, 0.717) is 11.4 Å². The van der Waals surface area contributed by atoms with Crippen molar-refractivity contribution in [3.8, 4) is 11.6 Å². The largest absolute Gasteiger partial charge is 0.539 e. The van der Waals surface area contributed by atoms with E-state index in [1.807, 2.05) is 30.3 Å². The summed E-state index contributed by atoms with van der Waals surface area (Å²) >= 11 is 0. The Bertz CT molecular complexity index is 838. The van der Waals surface area contributed by atoms with Crippen molar-refractivity contribution in [2.24, 2.45) is 0 Å². The zero-order chi connectivity index (χ0) is 16.5. The summed E-state index contributed by atoms with van der Waals surface area (Å²) in [6.07, 6.45) is 3.29. The highest BCUT2D eigenvalue weighted by atomic mass is 16.6. The van der Waals surface area contributed by atoms with E-state index in [9.17, 15) is 9.90 Å². The van der Waals surface area contributed by atoms with Gasteiger partial charge in [-0.1, -0.05) is 18.2 Å². The van der Waals surface area contributed by atoms with Crippen LogP contribution in [0.1, 0.15) is 29.1 Å². The molecule has 2 heterocycles. The normalized spacial score (nSPS) is 13.8. The van der Waals surface area contributed by atoms with Gasteiger partial charge >= 0.3 is 0 Å². The van der Waals surface area contributed by atoms with Gasteiger partial charge in [0.1, 0.15) is 6.54 Å². The SMILES string of the molecule is O=C(c1ccco1)N(Cc1c([O-])on[n+]1-c1ccccc1)C1CC1. The van der Waals surface area contributed by atoms with Crippen LogP contribution in [0.25, 0.3) is 5.69 Å². The van der Waals surface area contributed by atoms with Crippen LogP contribution in [-0.2, 0) is 6.54 Å². The first-order valence-corrected chi connectivity index (χ1v) is 7.72. The lowest BCUT2D eigenvalue weighted by atomic mass is 10.3. The first-order valence-electron chi connectivity index (χ1n) is 7.72. The molecule has 1 aromatic carbocycles. The van der Waals surface area contributed by atoms with E-state index >= 15 is 0 Å². The molecule has 1 amide bonds. The molecule has 0 saturated heterocycles. The van der Waals surface area contributed by atoms with Crippen LogP contribution >= 0.6 is 0 Å². The van der Waals surface area contributed by atoms with Gasteiger partial charge in [-0.05, 0) is 29.7 Å². The maximum Gasteiger partial charge on any atom is 0.290 e. The van der Waals surface area contributed by atoms with Crippen LogP contribution in [0.3, 0.4) is 0 Å². The minimum Gasteiger partial charge on any atom is -0.539 e. The van der Waals surface area contributed by atoms with E-state index in [0.717, 1.165) is 12.8 Å². The molecule has 4 rings (SSSR count). The van der Waals surface area contributed by atoms with Crippen molar-refractivity contribution in [2.75, 3.05) is 0 Å². The Morgan fingerprint density at radius 2 is 2.04 bits per heavy atom.